The van der Waals surface area contributed by atoms with Crippen molar-refractivity contribution in [3.63, 3.8) is 0 Å². The maximum absolute atomic E-state index is 12.2. The van der Waals surface area contributed by atoms with Crippen LogP contribution in [0.2, 0.25) is 5.02 Å². The van der Waals surface area contributed by atoms with Gasteiger partial charge in [-0.2, -0.15) is 18.3 Å². The number of benzene rings is 1. The van der Waals surface area contributed by atoms with Crippen LogP contribution in [-0.4, -0.2) is 78.7 Å². The first-order valence-corrected chi connectivity index (χ1v) is 12.7. The first-order chi connectivity index (χ1) is 18.6. The number of amides is 1. The van der Waals surface area contributed by atoms with Gasteiger partial charge in [0.15, 0.2) is 5.65 Å². The monoisotopic (exact) mass is 586 g/mol. The molecule has 1 aliphatic rings. The normalized spacial score (nSPS) is 15.2. The predicted octanol–water partition coefficient (Wildman–Crippen LogP) is 3.63. The van der Waals surface area contributed by atoms with Crippen molar-refractivity contribution in [3.05, 3.63) is 39.8 Å². The molecular formula is C25H30ClF3N6O5. The topological polar surface area (TPSA) is 157 Å². The Morgan fingerprint density at radius 2 is 1.85 bits per heavy atom. The zero-order valence-electron chi connectivity index (χ0n) is 22.5. The van der Waals surface area contributed by atoms with Crippen LogP contribution in [-0.2, 0) is 9.59 Å². The van der Waals surface area contributed by atoms with E-state index >= 15 is 0 Å². The lowest BCUT2D eigenvalue weighted by atomic mass is 9.85. The van der Waals surface area contributed by atoms with Crippen molar-refractivity contribution in [2.45, 2.75) is 58.9 Å². The lowest BCUT2D eigenvalue weighted by molar-refractivity contribution is -0.192. The Morgan fingerprint density at radius 1 is 1.25 bits per heavy atom. The summed E-state index contributed by atoms with van der Waals surface area (Å²) in [4.78, 5) is 31.2. The number of rotatable bonds is 6. The van der Waals surface area contributed by atoms with Crippen molar-refractivity contribution in [1.82, 2.24) is 24.6 Å². The van der Waals surface area contributed by atoms with Crippen molar-refractivity contribution >= 4 is 40.3 Å². The third-order valence-electron chi connectivity index (χ3n) is 6.55. The van der Waals surface area contributed by atoms with Crippen LogP contribution in [0.25, 0.3) is 11.0 Å². The molecule has 2 aromatic heterocycles. The van der Waals surface area contributed by atoms with Crippen LogP contribution >= 0.6 is 11.6 Å². The Balaban J connectivity index is 0.000000559. The number of nitrogens with two attached hydrogens (primary N) is 1. The van der Waals surface area contributed by atoms with Gasteiger partial charge in [0.25, 0.3) is 5.91 Å². The number of aliphatic hydroxyl groups excluding tert-OH is 1. The van der Waals surface area contributed by atoms with Crippen molar-refractivity contribution in [2.75, 3.05) is 25.4 Å². The number of aromatic nitrogens is 4. The largest absolute Gasteiger partial charge is 0.493 e. The van der Waals surface area contributed by atoms with Crippen molar-refractivity contribution in [2.24, 2.45) is 0 Å². The van der Waals surface area contributed by atoms with Gasteiger partial charge in [0.1, 0.15) is 24.0 Å². The van der Waals surface area contributed by atoms with Crippen molar-refractivity contribution in [1.29, 1.82) is 0 Å². The van der Waals surface area contributed by atoms with Gasteiger partial charge in [-0.3, -0.25) is 4.79 Å². The highest BCUT2D eigenvalue weighted by Crippen LogP contribution is 2.44. The maximum atomic E-state index is 12.2. The van der Waals surface area contributed by atoms with Gasteiger partial charge in [-0.1, -0.05) is 11.6 Å². The molecule has 1 aromatic carbocycles. The quantitative estimate of drug-likeness (QED) is 0.392. The second-order valence-electron chi connectivity index (χ2n) is 9.33. The van der Waals surface area contributed by atoms with Crippen LogP contribution in [0.5, 0.6) is 5.75 Å². The Hall–Kier alpha value is -3.65. The molecule has 4 N–H and O–H groups in total. The molecule has 11 nitrogen and oxygen atoms in total. The van der Waals surface area contributed by atoms with E-state index in [9.17, 15) is 23.1 Å². The molecule has 1 aliphatic heterocycles. The summed E-state index contributed by atoms with van der Waals surface area (Å²) in [6.07, 6.45) is -4.67. The number of nitrogen functional groups attached to an aromatic ring is 1. The average Bonchev–Trinajstić information content (AvgIpc) is 3.18. The zero-order valence-corrected chi connectivity index (χ0v) is 23.2. The molecule has 3 heterocycles. The number of hydrogen-bond donors (Lipinski definition) is 3. The molecule has 1 saturated heterocycles. The van der Waals surface area contributed by atoms with E-state index < -0.39 is 18.2 Å². The summed E-state index contributed by atoms with van der Waals surface area (Å²) in [5, 5.41) is 22.8. The molecule has 3 aromatic rings. The van der Waals surface area contributed by atoms with Crippen LogP contribution < -0.4 is 10.5 Å². The van der Waals surface area contributed by atoms with Crippen LogP contribution in [0.1, 0.15) is 55.1 Å². The van der Waals surface area contributed by atoms with E-state index in [2.05, 4.69) is 9.97 Å². The molecule has 0 radical (unpaired) electrons. The van der Waals surface area contributed by atoms with E-state index in [1.54, 1.807) is 4.90 Å². The molecule has 1 fully saturated rings. The number of aryl methyl sites for hydroxylation is 1. The van der Waals surface area contributed by atoms with Crippen LogP contribution in [0.3, 0.4) is 0 Å². The molecule has 0 aliphatic carbocycles. The van der Waals surface area contributed by atoms with E-state index in [1.807, 2.05) is 38.4 Å². The number of carbonyl (C=O) groups excluding carboxylic acids is 1. The molecule has 4 rings (SSSR count). The van der Waals surface area contributed by atoms with Gasteiger partial charge >= 0.3 is 12.1 Å². The Kier molecular flexibility index (Phi) is 9.14. The number of hydrogen-bond acceptors (Lipinski definition) is 8. The summed E-state index contributed by atoms with van der Waals surface area (Å²) in [6, 6.07) is 1.67. The Bertz CT molecular complexity index is 1420. The van der Waals surface area contributed by atoms with E-state index in [1.165, 1.54) is 13.3 Å². The third kappa shape index (κ3) is 6.07. The Labute approximate surface area is 232 Å². The fourth-order valence-electron chi connectivity index (χ4n) is 4.55. The average molecular weight is 587 g/mol. The molecule has 15 heteroatoms. The minimum atomic E-state index is -5.08. The van der Waals surface area contributed by atoms with E-state index in [0.29, 0.717) is 36.2 Å². The summed E-state index contributed by atoms with van der Waals surface area (Å²) in [7, 11) is 0. The van der Waals surface area contributed by atoms with Crippen molar-refractivity contribution in [3.8, 4) is 5.75 Å². The smallest absolute Gasteiger partial charge is 0.490 e. The maximum Gasteiger partial charge on any atom is 0.490 e. The van der Waals surface area contributed by atoms with Crippen LogP contribution in [0, 0.1) is 13.8 Å². The number of carboxylic acid groups (broad SMARTS) is 1. The minimum Gasteiger partial charge on any atom is -0.493 e. The van der Waals surface area contributed by atoms with Gasteiger partial charge in [-0.05, 0) is 46.2 Å². The molecule has 1 amide bonds. The number of anilines is 1. The van der Waals surface area contributed by atoms with Crippen LogP contribution in [0.4, 0.5) is 19.0 Å². The summed E-state index contributed by atoms with van der Waals surface area (Å²) in [5.74, 6) is -1.82. The van der Waals surface area contributed by atoms with E-state index in [0.717, 1.165) is 33.5 Å². The minimum absolute atomic E-state index is 0.0629. The van der Waals surface area contributed by atoms with Crippen LogP contribution in [0.15, 0.2) is 12.4 Å². The third-order valence-corrected chi connectivity index (χ3v) is 6.94. The molecule has 218 valence electrons. The number of nitrogens with zero attached hydrogens (tertiary/aromatic N) is 5. The Morgan fingerprint density at radius 3 is 2.38 bits per heavy atom. The van der Waals surface area contributed by atoms with Gasteiger partial charge in [0.05, 0.1) is 23.7 Å². The number of alkyl halides is 3. The molecule has 1 unspecified atom stereocenters. The number of halogens is 4. The lowest BCUT2D eigenvalue weighted by Gasteiger charge is -2.42. The first-order valence-electron chi connectivity index (χ1n) is 12.3. The van der Waals surface area contributed by atoms with Gasteiger partial charge in [0.2, 0.25) is 0 Å². The van der Waals surface area contributed by atoms with Gasteiger partial charge in [-0.25, -0.2) is 19.4 Å². The standard InChI is InChI=1S/C23H29ClN6O3.C2HF3O2/c1-6-33-20-16(13(4)30-22-19(12(3)28-30)21(25)26-10-27-22)7-17(24)11(2)18(20)15-8-29(9-15)23(32)14(5)31;3-2(4,5)1(6)7/h7,10,13-15,31H,6,8-9H2,1-5H3,(H2,25,26,27);(H,6,7)/t13?,14-;/m0./s1. The number of aliphatic hydroxyl groups is 1. The molecular weight excluding hydrogens is 557 g/mol. The zero-order chi connectivity index (χ0) is 30.1. The molecule has 0 spiro atoms. The molecule has 0 saturated carbocycles. The molecule has 2 atom stereocenters. The van der Waals surface area contributed by atoms with Gasteiger partial charge in [-0.15, -0.1) is 0 Å². The molecule has 0 bridgehead atoms. The predicted molar refractivity (Wildman–Crippen MR) is 140 cm³/mol. The number of likely N-dealkylation sites (tertiary alicyclic amines) is 1. The number of fused-ring (bicyclic) bond motifs is 1. The number of ether oxygens (including phenoxy) is 1. The fourth-order valence-corrected chi connectivity index (χ4v) is 4.77. The second kappa shape index (κ2) is 11.8. The van der Waals surface area contributed by atoms with Crippen molar-refractivity contribution < 1.29 is 37.7 Å². The highest BCUT2D eigenvalue weighted by atomic mass is 35.5. The van der Waals surface area contributed by atoms with E-state index in [4.69, 9.17) is 37.1 Å². The highest BCUT2D eigenvalue weighted by molar-refractivity contribution is 6.31. The fraction of sp³-hybridized carbons (Fsp3) is 0.480. The summed E-state index contributed by atoms with van der Waals surface area (Å²) >= 11 is 6.69. The number of carbonyl (C=O) groups is 2. The van der Waals surface area contributed by atoms with Gasteiger partial charge in [0, 0.05) is 35.2 Å². The SMILES string of the molecule is CCOc1c(C(C)n2nc(C)c3c(N)ncnc32)cc(Cl)c(C)c1C1CN(C(=O)[C@H](C)O)C1.O=C(O)C(F)(F)F. The first kappa shape index (κ1) is 30.9. The number of carboxylic acids is 1. The second-order valence-corrected chi connectivity index (χ2v) is 9.74. The summed E-state index contributed by atoms with van der Waals surface area (Å²) in [6.45, 7) is 10.8. The highest BCUT2D eigenvalue weighted by Gasteiger charge is 2.39. The lowest BCUT2D eigenvalue weighted by Crippen LogP contribution is -2.51. The summed E-state index contributed by atoms with van der Waals surface area (Å²) in [5.41, 5.74) is 10.3. The summed E-state index contributed by atoms with van der Waals surface area (Å²) < 4.78 is 39.7. The number of aliphatic carboxylic acids is 1. The van der Waals surface area contributed by atoms with Gasteiger partial charge < -0.3 is 25.6 Å². The van der Waals surface area contributed by atoms with E-state index in [-0.39, 0.29) is 17.9 Å². The molecule has 40 heavy (non-hydrogen) atoms.